The first kappa shape index (κ1) is 18.4. The molecule has 0 aliphatic carbocycles. The molecule has 0 atom stereocenters. The van der Waals surface area contributed by atoms with Gasteiger partial charge in [0.2, 0.25) is 5.91 Å². The Morgan fingerprint density at radius 1 is 1.15 bits per heavy atom. The van der Waals surface area contributed by atoms with Crippen molar-refractivity contribution in [3.05, 3.63) is 70.4 Å². The largest absolute Gasteiger partial charge is 0.487 e. The van der Waals surface area contributed by atoms with Gasteiger partial charge in [0, 0.05) is 36.1 Å². The van der Waals surface area contributed by atoms with Crippen LogP contribution >= 0.6 is 0 Å². The Balaban J connectivity index is 1.37. The molecule has 1 amide bonds. The van der Waals surface area contributed by atoms with Crippen molar-refractivity contribution in [1.29, 1.82) is 0 Å². The second-order valence-electron chi connectivity index (χ2n) is 6.14. The molecular formula is C20H21N3O4. The summed E-state index contributed by atoms with van der Waals surface area (Å²) in [4.78, 5) is 25.6. The molecule has 27 heavy (non-hydrogen) atoms. The van der Waals surface area contributed by atoms with Gasteiger partial charge in [0.05, 0.1) is 11.5 Å². The van der Waals surface area contributed by atoms with Crippen molar-refractivity contribution < 1.29 is 14.5 Å². The molecule has 2 N–H and O–H groups in total. The number of aromatic amines is 1. The van der Waals surface area contributed by atoms with Crippen LogP contribution in [0.1, 0.15) is 18.4 Å². The number of amides is 1. The number of H-pyrrole nitrogens is 1. The highest BCUT2D eigenvalue weighted by Crippen LogP contribution is 2.25. The molecule has 0 saturated heterocycles. The van der Waals surface area contributed by atoms with Crippen LogP contribution in [-0.4, -0.2) is 29.0 Å². The summed E-state index contributed by atoms with van der Waals surface area (Å²) in [5.74, 6) is 0.170. The van der Waals surface area contributed by atoms with Gasteiger partial charge in [-0.1, -0.05) is 30.3 Å². The molecule has 0 unspecified atom stereocenters. The number of nitrogens with one attached hydrogen (secondary N) is 2. The van der Waals surface area contributed by atoms with Crippen LogP contribution in [0.25, 0.3) is 10.9 Å². The molecule has 0 radical (unpaired) electrons. The number of ether oxygens (including phenoxy) is 1. The highest BCUT2D eigenvalue weighted by Gasteiger charge is 2.13. The minimum Gasteiger partial charge on any atom is -0.487 e. The van der Waals surface area contributed by atoms with Gasteiger partial charge in [-0.15, -0.1) is 0 Å². The van der Waals surface area contributed by atoms with Gasteiger partial charge in [0.15, 0.2) is 5.75 Å². The monoisotopic (exact) mass is 367 g/mol. The molecule has 140 valence electrons. The Morgan fingerprint density at radius 2 is 1.93 bits per heavy atom. The van der Waals surface area contributed by atoms with Crippen molar-refractivity contribution in [1.82, 2.24) is 10.3 Å². The van der Waals surface area contributed by atoms with E-state index in [2.05, 4.69) is 16.4 Å². The first-order valence-electron chi connectivity index (χ1n) is 8.83. The maximum Gasteiger partial charge on any atom is 0.310 e. The molecule has 0 bridgehead atoms. The molecule has 1 heterocycles. The first-order valence-corrected chi connectivity index (χ1v) is 8.83. The maximum atomic E-state index is 11.9. The fourth-order valence-electron chi connectivity index (χ4n) is 2.91. The number of rotatable bonds is 9. The van der Waals surface area contributed by atoms with Crippen molar-refractivity contribution in [3.63, 3.8) is 0 Å². The highest BCUT2D eigenvalue weighted by molar-refractivity contribution is 5.83. The summed E-state index contributed by atoms with van der Waals surface area (Å²) in [5.41, 5.74) is 2.19. The van der Waals surface area contributed by atoms with E-state index in [1.54, 1.807) is 18.2 Å². The zero-order chi connectivity index (χ0) is 19.1. The van der Waals surface area contributed by atoms with Crippen LogP contribution in [0.15, 0.2) is 54.7 Å². The molecule has 0 aliphatic heterocycles. The van der Waals surface area contributed by atoms with E-state index in [-0.39, 0.29) is 24.0 Å². The summed E-state index contributed by atoms with van der Waals surface area (Å²) >= 11 is 0. The van der Waals surface area contributed by atoms with Crippen LogP contribution in [0.4, 0.5) is 5.69 Å². The Hall–Kier alpha value is -3.35. The number of hydrogen-bond donors (Lipinski definition) is 2. The molecule has 0 spiro atoms. The van der Waals surface area contributed by atoms with Crippen molar-refractivity contribution in [2.24, 2.45) is 0 Å². The number of carbonyl (C=O) groups is 1. The number of aromatic nitrogens is 1. The molecule has 2 aromatic carbocycles. The summed E-state index contributed by atoms with van der Waals surface area (Å²) in [7, 11) is 0. The van der Waals surface area contributed by atoms with E-state index in [0.717, 1.165) is 11.9 Å². The quantitative estimate of drug-likeness (QED) is 0.343. The number of nitro groups is 1. The summed E-state index contributed by atoms with van der Waals surface area (Å²) in [6.45, 7) is 0.812. The summed E-state index contributed by atoms with van der Waals surface area (Å²) in [6, 6.07) is 14.3. The van der Waals surface area contributed by atoms with Gasteiger partial charge in [-0.05, 0) is 30.5 Å². The molecule has 3 aromatic rings. The molecule has 1 aromatic heterocycles. The highest BCUT2D eigenvalue weighted by atomic mass is 16.6. The summed E-state index contributed by atoms with van der Waals surface area (Å²) < 4.78 is 5.43. The lowest BCUT2D eigenvalue weighted by molar-refractivity contribution is -0.385. The Labute approximate surface area is 156 Å². The predicted octanol–water partition coefficient (Wildman–Crippen LogP) is 3.59. The van der Waals surface area contributed by atoms with Crippen molar-refractivity contribution in [2.75, 3.05) is 13.2 Å². The maximum absolute atomic E-state index is 11.9. The molecule has 0 aliphatic rings. The molecule has 0 saturated carbocycles. The number of nitro benzene ring substituents is 1. The van der Waals surface area contributed by atoms with Gasteiger partial charge in [-0.2, -0.15) is 0 Å². The zero-order valence-electron chi connectivity index (χ0n) is 14.8. The van der Waals surface area contributed by atoms with E-state index in [1.165, 1.54) is 17.0 Å². The molecule has 7 nitrogen and oxygen atoms in total. The van der Waals surface area contributed by atoms with Crippen LogP contribution in [0.5, 0.6) is 5.75 Å². The second kappa shape index (κ2) is 8.84. The number of para-hydroxylation sites is 3. The van der Waals surface area contributed by atoms with E-state index in [4.69, 9.17) is 4.74 Å². The third-order valence-electron chi connectivity index (χ3n) is 4.26. The lowest BCUT2D eigenvalue weighted by Crippen LogP contribution is -2.25. The van der Waals surface area contributed by atoms with E-state index >= 15 is 0 Å². The summed E-state index contributed by atoms with van der Waals surface area (Å²) in [6.07, 6.45) is 3.53. The van der Waals surface area contributed by atoms with Gasteiger partial charge in [0.25, 0.3) is 0 Å². The van der Waals surface area contributed by atoms with Crippen molar-refractivity contribution >= 4 is 22.5 Å². The number of carbonyl (C=O) groups excluding carboxylic acids is 1. The average Bonchev–Trinajstić information content (AvgIpc) is 3.09. The number of benzene rings is 2. The number of hydrogen-bond acceptors (Lipinski definition) is 4. The van der Waals surface area contributed by atoms with E-state index in [0.29, 0.717) is 19.4 Å². The fourth-order valence-corrected chi connectivity index (χ4v) is 2.91. The Morgan fingerprint density at radius 3 is 2.78 bits per heavy atom. The van der Waals surface area contributed by atoms with Gasteiger partial charge in [-0.25, -0.2) is 0 Å². The van der Waals surface area contributed by atoms with Gasteiger partial charge in [0.1, 0.15) is 0 Å². The third kappa shape index (κ3) is 4.84. The van der Waals surface area contributed by atoms with E-state index in [1.807, 2.05) is 24.4 Å². The smallest absolute Gasteiger partial charge is 0.310 e. The minimum atomic E-state index is -0.479. The Kier molecular flexibility index (Phi) is 6.04. The average molecular weight is 367 g/mol. The van der Waals surface area contributed by atoms with E-state index in [9.17, 15) is 14.9 Å². The minimum absolute atomic E-state index is 0.0546. The molecule has 3 rings (SSSR count). The standard InChI is InChI=1S/C20H21N3O4/c24-20(10-5-13-27-19-9-4-3-8-18(19)23(25)26)21-12-11-15-14-22-17-7-2-1-6-16(15)17/h1-4,6-9,14,22H,5,10-13H2,(H,21,24). The van der Waals surface area contributed by atoms with Crippen LogP contribution in [-0.2, 0) is 11.2 Å². The SMILES string of the molecule is O=C(CCCOc1ccccc1[N+](=O)[O-])NCCc1c[nH]c2ccccc12. The van der Waals surface area contributed by atoms with Gasteiger partial charge >= 0.3 is 5.69 Å². The van der Waals surface area contributed by atoms with Gasteiger partial charge in [-0.3, -0.25) is 14.9 Å². The zero-order valence-corrected chi connectivity index (χ0v) is 14.8. The van der Waals surface area contributed by atoms with Crippen LogP contribution in [0.3, 0.4) is 0 Å². The number of fused-ring (bicyclic) bond motifs is 1. The van der Waals surface area contributed by atoms with Crippen LogP contribution < -0.4 is 10.1 Å². The third-order valence-corrected chi connectivity index (χ3v) is 4.26. The molecule has 7 heteroatoms. The summed E-state index contributed by atoms with van der Waals surface area (Å²) in [5, 5.41) is 15.0. The van der Waals surface area contributed by atoms with Gasteiger partial charge < -0.3 is 15.0 Å². The molecular weight excluding hydrogens is 346 g/mol. The lowest BCUT2D eigenvalue weighted by atomic mass is 10.1. The van der Waals surface area contributed by atoms with Crippen molar-refractivity contribution in [3.8, 4) is 5.75 Å². The Bertz CT molecular complexity index is 936. The molecule has 0 fully saturated rings. The van der Waals surface area contributed by atoms with E-state index < -0.39 is 4.92 Å². The first-order chi connectivity index (χ1) is 13.1. The normalized spacial score (nSPS) is 10.7. The number of nitrogens with zero attached hydrogens (tertiary/aromatic N) is 1. The van der Waals surface area contributed by atoms with Crippen molar-refractivity contribution in [2.45, 2.75) is 19.3 Å². The topological polar surface area (TPSA) is 97.3 Å². The van der Waals surface area contributed by atoms with Crippen LogP contribution in [0, 0.1) is 10.1 Å². The fraction of sp³-hybridized carbons (Fsp3) is 0.250. The second-order valence-corrected chi connectivity index (χ2v) is 6.14. The predicted molar refractivity (Wildman–Crippen MR) is 103 cm³/mol. The van der Waals surface area contributed by atoms with Crippen LogP contribution in [0.2, 0.25) is 0 Å². The lowest BCUT2D eigenvalue weighted by Gasteiger charge is -2.07.